The van der Waals surface area contributed by atoms with E-state index in [1.807, 2.05) is 30.0 Å². The van der Waals surface area contributed by atoms with Gasteiger partial charge in [-0.1, -0.05) is 12.1 Å². The normalized spacial score (nSPS) is 18.1. The molecule has 2 aromatic heterocycles. The Kier molecular flexibility index (Phi) is 9.51. The molecule has 0 bridgehead atoms. The van der Waals surface area contributed by atoms with Crippen LogP contribution in [-0.4, -0.2) is 64.3 Å². The molecule has 1 atom stereocenters. The minimum Gasteiger partial charge on any atom is -0.389 e. The Labute approximate surface area is 297 Å². The van der Waals surface area contributed by atoms with Crippen molar-refractivity contribution < 1.29 is 19.7 Å². The Morgan fingerprint density at radius 3 is 2.04 bits per heavy atom. The average molecular weight is 695 g/mol. The molecule has 0 amide bonds. The highest BCUT2D eigenvalue weighted by atomic mass is 16.5. The zero-order valence-corrected chi connectivity index (χ0v) is 30.2. The van der Waals surface area contributed by atoms with Crippen molar-refractivity contribution in [1.82, 2.24) is 9.55 Å². The van der Waals surface area contributed by atoms with Crippen molar-refractivity contribution >= 4 is 33.2 Å². The first-order chi connectivity index (χ1) is 24.1. The number of anilines is 2. The molecule has 2 aliphatic rings. The van der Waals surface area contributed by atoms with Crippen molar-refractivity contribution in [2.45, 2.75) is 89.9 Å². The Morgan fingerprint density at radius 2 is 1.49 bits per heavy atom. The van der Waals surface area contributed by atoms with E-state index in [0.29, 0.717) is 83.3 Å². The number of benzene rings is 2. The summed E-state index contributed by atoms with van der Waals surface area (Å²) in [5.41, 5.74) is 0.652. The van der Waals surface area contributed by atoms with E-state index in [0.717, 1.165) is 12.8 Å². The number of aromatic nitrogens is 2. The quantitative estimate of drug-likeness (QED) is 0.231. The minimum absolute atomic E-state index is 0.0166. The average Bonchev–Trinajstić information content (AvgIpc) is 3.10. The third-order valence-electron chi connectivity index (χ3n) is 11.0. The maximum absolute atomic E-state index is 14.1. The summed E-state index contributed by atoms with van der Waals surface area (Å²) >= 11 is 0. The van der Waals surface area contributed by atoms with E-state index in [1.54, 1.807) is 46.1 Å². The van der Waals surface area contributed by atoms with Crippen LogP contribution in [0.4, 0.5) is 11.4 Å². The van der Waals surface area contributed by atoms with E-state index in [4.69, 9.17) is 9.47 Å². The Morgan fingerprint density at radius 1 is 0.902 bits per heavy atom. The van der Waals surface area contributed by atoms with Gasteiger partial charge < -0.3 is 34.5 Å². The maximum Gasteiger partial charge on any atom is 0.273 e. The van der Waals surface area contributed by atoms with Crippen LogP contribution in [0.15, 0.2) is 46.0 Å². The molecule has 0 spiro atoms. The van der Waals surface area contributed by atoms with Gasteiger partial charge in [-0.05, 0) is 95.7 Å². The van der Waals surface area contributed by atoms with E-state index in [2.05, 4.69) is 28.9 Å². The van der Waals surface area contributed by atoms with Crippen LogP contribution in [0.1, 0.15) is 88.7 Å². The van der Waals surface area contributed by atoms with Crippen LogP contribution >= 0.6 is 0 Å². The van der Waals surface area contributed by atoms with Gasteiger partial charge in [-0.2, -0.15) is 10.5 Å². The number of methoxy groups -OCH3 is 1. The van der Waals surface area contributed by atoms with Crippen LogP contribution in [0.25, 0.3) is 21.8 Å². The molecule has 0 aliphatic carbocycles. The number of hydrogen-bond donors (Lipinski definition) is 3. The predicted octanol–water partition coefficient (Wildman–Crippen LogP) is 4.91. The highest BCUT2D eigenvalue weighted by Crippen LogP contribution is 2.38. The van der Waals surface area contributed by atoms with Gasteiger partial charge in [0.05, 0.1) is 45.3 Å². The van der Waals surface area contributed by atoms with Crippen LogP contribution in [0.2, 0.25) is 0 Å². The number of aliphatic hydroxyl groups is 2. The second kappa shape index (κ2) is 13.4. The van der Waals surface area contributed by atoms with Crippen molar-refractivity contribution in [2.75, 3.05) is 43.1 Å². The van der Waals surface area contributed by atoms with Gasteiger partial charge in [-0.25, -0.2) is 0 Å². The first-order valence-electron chi connectivity index (χ1n) is 17.4. The monoisotopic (exact) mass is 694 g/mol. The third-order valence-corrected chi connectivity index (χ3v) is 11.0. The van der Waals surface area contributed by atoms with E-state index in [9.17, 15) is 30.3 Å². The number of nitrogens with one attached hydrogen (secondary N) is 1. The first kappa shape index (κ1) is 36.1. The molecular formula is C39H46N6O6. The smallest absolute Gasteiger partial charge is 0.273 e. The summed E-state index contributed by atoms with van der Waals surface area (Å²) in [5, 5.41) is 42.9. The Hall–Kier alpha value is -4.72. The lowest BCUT2D eigenvalue weighted by Gasteiger charge is -2.41. The lowest BCUT2D eigenvalue weighted by molar-refractivity contribution is -0.0814. The molecule has 2 aromatic carbocycles. The molecule has 2 aliphatic heterocycles. The van der Waals surface area contributed by atoms with Crippen molar-refractivity contribution in [2.24, 2.45) is 0 Å². The fourth-order valence-corrected chi connectivity index (χ4v) is 7.34. The molecule has 2 saturated heterocycles. The summed E-state index contributed by atoms with van der Waals surface area (Å²) in [6, 6.07) is 15.1. The molecule has 6 rings (SSSR count). The topological polar surface area (TPSA) is 168 Å². The van der Waals surface area contributed by atoms with Gasteiger partial charge in [0, 0.05) is 44.1 Å². The van der Waals surface area contributed by atoms with Crippen LogP contribution in [0.5, 0.6) is 0 Å². The number of nitriles is 2. The minimum atomic E-state index is -1.15. The van der Waals surface area contributed by atoms with Crippen LogP contribution in [0, 0.1) is 22.7 Å². The zero-order chi connectivity index (χ0) is 36.9. The molecule has 12 nitrogen and oxygen atoms in total. The van der Waals surface area contributed by atoms with Crippen LogP contribution in [-0.2, 0) is 21.8 Å². The number of hydrogen-bond acceptors (Lipinski definition) is 10. The maximum atomic E-state index is 14.1. The van der Waals surface area contributed by atoms with Crippen LogP contribution < -0.4 is 20.9 Å². The summed E-state index contributed by atoms with van der Waals surface area (Å²) < 4.78 is 13.8. The molecule has 3 N–H and O–H groups in total. The highest BCUT2D eigenvalue weighted by molar-refractivity contribution is 5.96. The van der Waals surface area contributed by atoms with Crippen molar-refractivity contribution in [3.05, 3.63) is 79.4 Å². The number of fused-ring (bicyclic) bond motifs is 2. The van der Waals surface area contributed by atoms with Crippen molar-refractivity contribution in [1.29, 1.82) is 10.5 Å². The third kappa shape index (κ3) is 6.73. The fraction of sp³-hybridized carbons (Fsp3) is 0.487. The number of H-pyrrole nitrogens is 1. The summed E-state index contributed by atoms with van der Waals surface area (Å²) in [6.07, 6.45) is 1.81. The summed E-state index contributed by atoms with van der Waals surface area (Å²) in [6.45, 7) is 11.2. The second-order valence-electron chi connectivity index (χ2n) is 15.0. The van der Waals surface area contributed by atoms with Gasteiger partial charge in [-0.15, -0.1) is 0 Å². The van der Waals surface area contributed by atoms with Gasteiger partial charge in [0.2, 0.25) is 0 Å². The number of aliphatic hydroxyl groups excluding tert-OH is 1. The summed E-state index contributed by atoms with van der Waals surface area (Å²) in [7, 11) is 1.70. The Bertz CT molecular complexity index is 2190. The molecule has 268 valence electrons. The van der Waals surface area contributed by atoms with Crippen LogP contribution in [0.3, 0.4) is 0 Å². The van der Waals surface area contributed by atoms with Gasteiger partial charge >= 0.3 is 0 Å². The lowest BCUT2D eigenvalue weighted by Crippen LogP contribution is -2.46. The number of rotatable bonds is 8. The van der Waals surface area contributed by atoms with Gasteiger partial charge in [0.15, 0.2) is 0 Å². The fourth-order valence-electron chi connectivity index (χ4n) is 7.34. The molecule has 12 heteroatoms. The number of piperidine rings is 2. The zero-order valence-electron chi connectivity index (χ0n) is 30.2. The summed E-state index contributed by atoms with van der Waals surface area (Å²) in [5.74, 6) is 0. The Balaban J connectivity index is 1.32. The molecule has 4 heterocycles. The van der Waals surface area contributed by atoms with E-state index in [-0.39, 0.29) is 23.5 Å². The number of pyridine rings is 2. The molecule has 0 saturated carbocycles. The summed E-state index contributed by atoms with van der Waals surface area (Å²) in [4.78, 5) is 33.9. The number of ether oxygens (including phenoxy) is 2. The molecule has 2 fully saturated rings. The van der Waals surface area contributed by atoms with E-state index >= 15 is 0 Å². The largest absolute Gasteiger partial charge is 0.389 e. The SMILES string of the molecule is COC1(C)CCN(c2c(C#N)c(=O)n(COC3(C)CCN(c4c(C#N)c(=O)[nH]c5ccc(C(C)O)cc45)CC3)c3ccc(C(C)(C)O)cc23)CC1. The van der Waals surface area contributed by atoms with Gasteiger partial charge in [0.25, 0.3) is 11.1 Å². The molecule has 51 heavy (non-hydrogen) atoms. The standard InChI is InChI=1S/C39H46N6O6/c1-24(46)25-7-9-31-27(19-25)33(29(21-40)35(47)42-31)43-17-13-39(5,14-18-43)51-23-45-32-10-8-26(37(2,3)49)20-28(32)34(30(22-41)36(45)48)44-15-11-38(4,50-6)12-16-44/h7-10,19-20,24,46,49H,11-18,23H2,1-6H3,(H,42,47). The highest BCUT2D eigenvalue weighted by Gasteiger charge is 2.35. The van der Waals surface area contributed by atoms with E-state index in [1.165, 1.54) is 4.57 Å². The lowest BCUT2D eigenvalue weighted by atomic mass is 9.91. The first-order valence-corrected chi connectivity index (χ1v) is 17.4. The van der Waals surface area contributed by atoms with Crippen molar-refractivity contribution in [3.63, 3.8) is 0 Å². The molecule has 4 aromatic rings. The molecule has 0 radical (unpaired) electrons. The number of aromatic amines is 1. The van der Waals surface area contributed by atoms with Gasteiger partial charge in [-0.3, -0.25) is 14.2 Å². The predicted molar refractivity (Wildman–Crippen MR) is 196 cm³/mol. The second-order valence-corrected chi connectivity index (χ2v) is 15.0. The van der Waals surface area contributed by atoms with Gasteiger partial charge in [0.1, 0.15) is 30.0 Å². The molecule has 1 unspecified atom stereocenters. The number of nitrogens with zero attached hydrogens (tertiary/aromatic N) is 5. The van der Waals surface area contributed by atoms with Crippen molar-refractivity contribution in [3.8, 4) is 12.1 Å². The van der Waals surface area contributed by atoms with E-state index < -0.39 is 28.4 Å². The molecular weight excluding hydrogens is 648 g/mol.